The second-order valence-electron chi connectivity index (χ2n) is 6.65. The summed E-state index contributed by atoms with van der Waals surface area (Å²) in [4.78, 5) is 11.5. The SMILES string of the molecule is COc1cc2c(cc1S(=O)(=O)N1CC3CCCC(C1)N3)OCC(=O)N2. The summed E-state index contributed by atoms with van der Waals surface area (Å²) < 4.78 is 38.6. The predicted molar refractivity (Wildman–Crippen MR) is 90.4 cm³/mol. The maximum absolute atomic E-state index is 13.2. The summed E-state index contributed by atoms with van der Waals surface area (Å²) >= 11 is 0. The molecule has 3 aliphatic heterocycles. The van der Waals surface area contributed by atoms with E-state index in [-0.39, 0.29) is 35.2 Å². The van der Waals surface area contributed by atoms with E-state index in [4.69, 9.17) is 9.47 Å². The average molecular weight is 367 g/mol. The minimum absolute atomic E-state index is 0.0740. The molecule has 2 saturated heterocycles. The number of sulfonamides is 1. The van der Waals surface area contributed by atoms with E-state index in [1.54, 1.807) is 0 Å². The van der Waals surface area contributed by atoms with Crippen LogP contribution >= 0.6 is 0 Å². The van der Waals surface area contributed by atoms with Crippen LogP contribution in [-0.4, -0.2) is 57.5 Å². The lowest BCUT2D eigenvalue weighted by molar-refractivity contribution is -0.118. The normalized spacial score (nSPS) is 26.4. The zero-order chi connectivity index (χ0) is 17.6. The van der Waals surface area contributed by atoms with Gasteiger partial charge in [-0.3, -0.25) is 4.79 Å². The second-order valence-corrected chi connectivity index (χ2v) is 8.56. The number of rotatable bonds is 3. The molecule has 1 aromatic carbocycles. The highest BCUT2D eigenvalue weighted by Gasteiger charge is 2.38. The molecule has 0 spiro atoms. The summed E-state index contributed by atoms with van der Waals surface area (Å²) in [6, 6.07) is 3.34. The number of nitrogens with one attached hydrogen (secondary N) is 2. The van der Waals surface area contributed by atoms with Crippen molar-refractivity contribution in [3.8, 4) is 11.5 Å². The molecule has 2 bridgehead atoms. The molecule has 3 heterocycles. The molecule has 2 N–H and O–H groups in total. The van der Waals surface area contributed by atoms with Crippen molar-refractivity contribution >= 4 is 21.6 Å². The van der Waals surface area contributed by atoms with Crippen molar-refractivity contribution in [1.29, 1.82) is 0 Å². The largest absolute Gasteiger partial charge is 0.495 e. The van der Waals surface area contributed by atoms with Crippen molar-refractivity contribution in [2.75, 3.05) is 32.1 Å². The standard InChI is InChI=1S/C16H21N3O5S/c1-23-14-5-12-13(24-9-16(20)18-12)6-15(14)25(21,22)19-7-10-3-2-4-11(8-19)17-10/h5-6,10-11,17H,2-4,7-9H2,1H3,(H,18,20). The van der Waals surface area contributed by atoms with Crippen LogP contribution in [0.1, 0.15) is 19.3 Å². The van der Waals surface area contributed by atoms with Gasteiger partial charge >= 0.3 is 0 Å². The van der Waals surface area contributed by atoms with Crippen LogP contribution in [0.4, 0.5) is 5.69 Å². The van der Waals surface area contributed by atoms with E-state index in [9.17, 15) is 13.2 Å². The van der Waals surface area contributed by atoms with Crippen molar-refractivity contribution in [2.24, 2.45) is 0 Å². The molecule has 1 aromatic rings. The van der Waals surface area contributed by atoms with E-state index < -0.39 is 10.0 Å². The van der Waals surface area contributed by atoms with Gasteiger partial charge in [-0.1, -0.05) is 6.42 Å². The molecule has 25 heavy (non-hydrogen) atoms. The number of methoxy groups -OCH3 is 1. The Kier molecular flexibility index (Phi) is 4.09. The number of amides is 1. The Labute approximate surface area is 146 Å². The van der Waals surface area contributed by atoms with Gasteiger partial charge in [0, 0.05) is 37.3 Å². The first-order valence-corrected chi connectivity index (χ1v) is 9.82. The highest BCUT2D eigenvalue weighted by Crippen LogP contribution is 2.39. The molecule has 4 rings (SSSR count). The smallest absolute Gasteiger partial charge is 0.262 e. The van der Waals surface area contributed by atoms with Gasteiger partial charge < -0.3 is 20.1 Å². The third kappa shape index (κ3) is 2.96. The molecule has 0 aromatic heterocycles. The third-order valence-corrected chi connectivity index (χ3v) is 6.79. The Morgan fingerprint density at radius 2 is 1.96 bits per heavy atom. The van der Waals surface area contributed by atoms with Gasteiger partial charge in [-0.15, -0.1) is 0 Å². The first-order chi connectivity index (χ1) is 12.0. The van der Waals surface area contributed by atoms with Crippen molar-refractivity contribution < 1.29 is 22.7 Å². The van der Waals surface area contributed by atoms with Crippen molar-refractivity contribution in [3.63, 3.8) is 0 Å². The Morgan fingerprint density at radius 3 is 2.64 bits per heavy atom. The molecule has 0 aliphatic carbocycles. The lowest BCUT2D eigenvalue weighted by Gasteiger charge is -2.41. The van der Waals surface area contributed by atoms with Crippen LogP contribution in [0.5, 0.6) is 11.5 Å². The van der Waals surface area contributed by atoms with Crippen LogP contribution in [0, 0.1) is 0 Å². The fraction of sp³-hybridized carbons (Fsp3) is 0.562. The van der Waals surface area contributed by atoms with Gasteiger partial charge in [-0.2, -0.15) is 4.31 Å². The molecule has 2 unspecified atom stereocenters. The quantitative estimate of drug-likeness (QED) is 0.809. The summed E-state index contributed by atoms with van der Waals surface area (Å²) in [6.45, 7) is 0.782. The molecule has 2 atom stereocenters. The van der Waals surface area contributed by atoms with E-state index in [0.717, 1.165) is 19.3 Å². The lowest BCUT2D eigenvalue weighted by atomic mass is 9.96. The number of anilines is 1. The monoisotopic (exact) mass is 367 g/mol. The van der Waals surface area contributed by atoms with E-state index >= 15 is 0 Å². The van der Waals surface area contributed by atoms with Gasteiger partial charge in [0.05, 0.1) is 12.8 Å². The fourth-order valence-corrected chi connectivity index (χ4v) is 5.43. The van der Waals surface area contributed by atoms with Crippen molar-refractivity contribution in [3.05, 3.63) is 12.1 Å². The number of carbonyl (C=O) groups is 1. The Balaban J connectivity index is 1.71. The van der Waals surface area contributed by atoms with Gasteiger partial charge in [0.25, 0.3) is 5.91 Å². The minimum Gasteiger partial charge on any atom is -0.495 e. The molecule has 136 valence electrons. The topological polar surface area (TPSA) is 97.0 Å². The van der Waals surface area contributed by atoms with Crippen molar-refractivity contribution in [2.45, 2.75) is 36.2 Å². The summed E-state index contributed by atoms with van der Waals surface area (Å²) in [5.41, 5.74) is 0.421. The summed E-state index contributed by atoms with van der Waals surface area (Å²) in [5, 5.41) is 6.14. The Bertz CT molecular complexity index is 798. The molecule has 8 nitrogen and oxygen atoms in total. The fourth-order valence-electron chi connectivity index (χ4n) is 3.75. The molecular weight excluding hydrogens is 346 g/mol. The molecule has 1 amide bonds. The van der Waals surface area contributed by atoms with Crippen LogP contribution in [0.3, 0.4) is 0 Å². The van der Waals surface area contributed by atoms with E-state index in [2.05, 4.69) is 10.6 Å². The number of fused-ring (bicyclic) bond motifs is 3. The van der Waals surface area contributed by atoms with Gasteiger partial charge in [-0.25, -0.2) is 8.42 Å². The van der Waals surface area contributed by atoms with Gasteiger partial charge in [0.2, 0.25) is 10.0 Å². The average Bonchev–Trinajstić information content (AvgIpc) is 2.60. The zero-order valence-corrected chi connectivity index (χ0v) is 14.8. The highest BCUT2D eigenvalue weighted by atomic mass is 32.2. The lowest BCUT2D eigenvalue weighted by Crippen LogP contribution is -2.59. The number of hydrogen-bond donors (Lipinski definition) is 2. The first kappa shape index (κ1) is 16.6. The zero-order valence-electron chi connectivity index (χ0n) is 13.9. The molecule has 9 heteroatoms. The molecule has 0 radical (unpaired) electrons. The number of nitrogens with zero attached hydrogens (tertiary/aromatic N) is 1. The van der Waals surface area contributed by atoms with Crippen LogP contribution in [0.15, 0.2) is 17.0 Å². The van der Waals surface area contributed by atoms with Crippen LogP contribution in [0.2, 0.25) is 0 Å². The van der Waals surface area contributed by atoms with Crippen molar-refractivity contribution in [1.82, 2.24) is 9.62 Å². The Morgan fingerprint density at radius 1 is 1.24 bits per heavy atom. The molecule has 2 fully saturated rings. The van der Waals surface area contributed by atoms with E-state index in [1.807, 2.05) is 0 Å². The van der Waals surface area contributed by atoms with Gasteiger partial charge in [-0.05, 0) is 12.8 Å². The predicted octanol–water partition coefficient (Wildman–Crippen LogP) is 0.541. The highest BCUT2D eigenvalue weighted by molar-refractivity contribution is 7.89. The first-order valence-electron chi connectivity index (χ1n) is 8.38. The Hall–Kier alpha value is -1.84. The number of ether oxygens (including phenoxy) is 2. The number of benzene rings is 1. The van der Waals surface area contributed by atoms with Crippen LogP contribution in [-0.2, 0) is 14.8 Å². The molecule has 3 aliphatic rings. The number of carbonyl (C=O) groups excluding carboxylic acids is 1. The number of hydrogen-bond acceptors (Lipinski definition) is 6. The maximum atomic E-state index is 13.2. The maximum Gasteiger partial charge on any atom is 0.262 e. The summed E-state index contributed by atoms with van der Waals surface area (Å²) in [5.74, 6) is 0.266. The van der Waals surface area contributed by atoms with Crippen LogP contribution in [0.25, 0.3) is 0 Å². The van der Waals surface area contributed by atoms with Gasteiger partial charge in [0.15, 0.2) is 6.61 Å². The van der Waals surface area contributed by atoms with E-state index in [1.165, 1.54) is 23.5 Å². The summed E-state index contributed by atoms with van der Waals surface area (Å²) in [6.07, 6.45) is 3.10. The number of piperidine rings is 1. The van der Waals surface area contributed by atoms with E-state index in [0.29, 0.717) is 24.5 Å². The second kappa shape index (κ2) is 6.15. The molecule has 0 saturated carbocycles. The summed E-state index contributed by atoms with van der Waals surface area (Å²) in [7, 11) is -2.30. The third-order valence-electron chi connectivity index (χ3n) is 4.94. The van der Waals surface area contributed by atoms with Gasteiger partial charge in [0.1, 0.15) is 16.4 Å². The minimum atomic E-state index is -3.72. The van der Waals surface area contributed by atoms with Crippen LogP contribution < -0.4 is 20.1 Å². The number of piperazine rings is 1. The molecular formula is C16H21N3O5S.